The van der Waals surface area contributed by atoms with Crippen LogP contribution in [-0.4, -0.2) is 13.1 Å². The van der Waals surface area contributed by atoms with E-state index >= 15 is 0 Å². The Bertz CT molecular complexity index is 372. The van der Waals surface area contributed by atoms with Crippen molar-refractivity contribution in [2.75, 3.05) is 7.11 Å². The Morgan fingerprint density at radius 2 is 1.94 bits per heavy atom. The minimum atomic E-state index is -0.346. The highest BCUT2D eigenvalue weighted by atomic mass is 19.1. The van der Waals surface area contributed by atoms with E-state index in [1.807, 2.05) is 6.07 Å². The molecule has 0 radical (unpaired) electrons. The first-order valence-corrected chi connectivity index (χ1v) is 5.36. The van der Waals surface area contributed by atoms with Crippen LogP contribution in [0.25, 0.3) is 0 Å². The molecule has 1 aromatic carbocycles. The number of rotatable bonds is 4. The van der Waals surface area contributed by atoms with E-state index in [0.717, 1.165) is 12.0 Å². The van der Waals surface area contributed by atoms with E-state index < -0.39 is 0 Å². The fourth-order valence-electron chi connectivity index (χ4n) is 1.65. The summed E-state index contributed by atoms with van der Waals surface area (Å²) in [6, 6.07) is 4.75. The average molecular weight is 224 g/mol. The summed E-state index contributed by atoms with van der Waals surface area (Å²) in [5.74, 6) is -0.175. The molecule has 0 bridgehead atoms. The SMILES string of the molecule is COC(=O)Cc1cc(F)cc(CC(C)C)c1. The van der Waals surface area contributed by atoms with Crippen molar-refractivity contribution in [3.05, 3.63) is 35.1 Å². The Morgan fingerprint density at radius 1 is 1.31 bits per heavy atom. The first kappa shape index (κ1) is 12.7. The summed E-state index contributed by atoms with van der Waals surface area (Å²) in [4.78, 5) is 11.1. The molecule has 0 spiro atoms. The minimum Gasteiger partial charge on any atom is -0.469 e. The lowest BCUT2D eigenvalue weighted by Gasteiger charge is -2.07. The molecule has 0 amide bonds. The van der Waals surface area contributed by atoms with Gasteiger partial charge in [0.1, 0.15) is 5.82 Å². The fourth-order valence-corrected chi connectivity index (χ4v) is 1.65. The highest BCUT2D eigenvalue weighted by Gasteiger charge is 2.07. The number of carbonyl (C=O) groups excluding carboxylic acids is 1. The molecule has 0 aromatic heterocycles. The van der Waals surface area contributed by atoms with Gasteiger partial charge in [0.05, 0.1) is 13.5 Å². The van der Waals surface area contributed by atoms with E-state index in [9.17, 15) is 9.18 Å². The Labute approximate surface area is 95.4 Å². The largest absolute Gasteiger partial charge is 0.469 e. The lowest BCUT2D eigenvalue weighted by atomic mass is 10.00. The van der Waals surface area contributed by atoms with Crippen LogP contribution >= 0.6 is 0 Å². The molecule has 0 aliphatic heterocycles. The number of hydrogen-bond acceptors (Lipinski definition) is 2. The third kappa shape index (κ3) is 4.01. The Morgan fingerprint density at radius 3 is 2.50 bits per heavy atom. The van der Waals surface area contributed by atoms with E-state index in [1.54, 1.807) is 0 Å². The molecule has 88 valence electrons. The highest BCUT2D eigenvalue weighted by Crippen LogP contribution is 2.14. The topological polar surface area (TPSA) is 26.3 Å². The summed E-state index contributed by atoms with van der Waals surface area (Å²) in [5, 5.41) is 0. The zero-order valence-corrected chi connectivity index (χ0v) is 9.92. The van der Waals surface area contributed by atoms with Gasteiger partial charge in [-0.05, 0) is 35.6 Å². The van der Waals surface area contributed by atoms with Crippen LogP contribution in [0.4, 0.5) is 4.39 Å². The molecule has 0 fully saturated rings. The Hall–Kier alpha value is -1.38. The molecule has 0 saturated heterocycles. The maximum atomic E-state index is 13.3. The van der Waals surface area contributed by atoms with Crippen LogP contribution in [-0.2, 0) is 22.4 Å². The summed E-state index contributed by atoms with van der Waals surface area (Å²) in [7, 11) is 1.33. The van der Waals surface area contributed by atoms with E-state index in [2.05, 4.69) is 18.6 Å². The van der Waals surface area contributed by atoms with Gasteiger partial charge in [-0.2, -0.15) is 0 Å². The third-order valence-corrected chi connectivity index (χ3v) is 2.24. The second kappa shape index (κ2) is 5.64. The van der Waals surface area contributed by atoms with Crippen molar-refractivity contribution in [1.29, 1.82) is 0 Å². The minimum absolute atomic E-state index is 0.124. The van der Waals surface area contributed by atoms with Crippen LogP contribution in [0.1, 0.15) is 25.0 Å². The van der Waals surface area contributed by atoms with Gasteiger partial charge in [0.2, 0.25) is 0 Å². The van der Waals surface area contributed by atoms with Crippen molar-refractivity contribution in [1.82, 2.24) is 0 Å². The van der Waals surface area contributed by atoms with Gasteiger partial charge in [-0.15, -0.1) is 0 Å². The first-order valence-electron chi connectivity index (χ1n) is 5.36. The van der Waals surface area contributed by atoms with Gasteiger partial charge in [-0.25, -0.2) is 4.39 Å². The second-order valence-corrected chi connectivity index (χ2v) is 4.32. The molecule has 0 saturated carbocycles. The molecule has 0 N–H and O–H groups in total. The number of benzene rings is 1. The normalized spacial score (nSPS) is 10.6. The maximum absolute atomic E-state index is 13.3. The standard InChI is InChI=1S/C13H17FO2/c1-9(2)4-10-5-11(7-12(14)6-10)8-13(15)16-3/h5-7,9H,4,8H2,1-3H3. The van der Waals surface area contributed by atoms with Gasteiger partial charge in [-0.1, -0.05) is 19.9 Å². The number of methoxy groups -OCH3 is 1. The molecular formula is C13H17FO2. The van der Waals surface area contributed by atoms with Crippen LogP contribution in [0, 0.1) is 11.7 Å². The van der Waals surface area contributed by atoms with Gasteiger partial charge >= 0.3 is 5.97 Å². The van der Waals surface area contributed by atoms with Gasteiger partial charge in [0.15, 0.2) is 0 Å². The zero-order valence-electron chi connectivity index (χ0n) is 9.92. The van der Waals surface area contributed by atoms with Crippen molar-refractivity contribution in [2.45, 2.75) is 26.7 Å². The molecule has 0 atom stereocenters. The average Bonchev–Trinajstić information content (AvgIpc) is 2.15. The molecule has 2 nitrogen and oxygen atoms in total. The molecule has 1 rings (SSSR count). The van der Waals surface area contributed by atoms with Crippen molar-refractivity contribution in [3.63, 3.8) is 0 Å². The van der Waals surface area contributed by atoms with Gasteiger partial charge in [-0.3, -0.25) is 4.79 Å². The monoisotopic (exact) mass is 224 g/mol. The number of ether oxygens (including phenoxy) is 1. The number of esters is 1. The van der Waals surface area contributed by atoms with Crippen molar-refractivity contribution >= 4 is 5.97 Å². The first-order chi connectivity index (χ1) is 7.51. The van der Waals surface area contributed by atoms with Gasteiger partial charge in [0, 0.05) is 0 Å². The predicted octanol–water partition coefficient (Wildman–Crippen LogP) is 2.74. The number of carbonyl (C=O) groups is 1. The summed E-state index contributed by atoms with van der Waals surface area (Å²) < 4.78 is 17.8. The maximum Gasteiger partial charge on any atom is 0.309 e. The van der Waals surface area contributed by atoms with Crippen LogP contribution in [0.15, 0.2) is 18.2 Å². The number of hydrogen-bond donors (Lipinski definition) is 0. The van der Waals surface area contributed by atoms with Crippen molar-refractivity contribution in [3.8, 4) is 0 Å². The molecule has 3 heteroatoms. The molecular weight excluding hydrogens is 207 g/mol. The van der Waals surface area contributed by atoms with Gasteiger partial charge in [0.25, 0.3) is 0 Å². The Kier molecular flexibility index (Phi) is 4.47. The van der Waals surface area contributed by atoms with Crippen LogP contribution in [0.2, 0.25) is 0 Å². The van der Waals surface area contributed by atoms with E-state index in [4.69, 9.17) is 0 Å². The van der Waals surface area contributed by atoms with Crippen LogP contribution in [0.3, 0.4) is 0 Å². The molecule has 0 aliphatic rings. The summed E-state index contributed by atoms with van der Waals surface area (Å²) in [5.41, 5.74) is 1.59. The summed E-state index contributed by atoms with van der Waals surface area (Å²) in [6.07, 6.45) is 0.936. The van der Waals surface area contributed by atoms with Crippen molar-refractivity contribution in [2.24, 2.45) is 5.92 Å². The smallest absolute Gasteiger partial charge is 0.309 e. The quantitative estimate of drug-likeness (QED) is 0.735. The molecule has 0 aliphatic carbocycles. The third-order valence-electron chi connectivity index (χ3n) is 2.24. The molecule has 16 heavy (non-hydrogen) atoms. The summed E-state index contributed by atoms with van der Waals surface area (Å²) in [6.45, 7) is 4.15. The van der Waals surface area contributed by atoms with E-state index in [1.165, 1.54) is 19.2 Å². The lowest BCUT2D eigenvalue weighted by molar-refractivity contribution is -0.139. The Balaban J connectivity index is 2.85. The van der Waals surface area contributed by atoms with Crippen LogP contribution in [0.5, 0.6) is 0 Å². The zero-order chi connectivity index (χ0) is 12.1. The molecule has 1 aromatic rings. The highest BCUT2D eigenvalue weighted by molar-refractivity contribution is 5.72. The van der Waals surface area contributed by atoms with Gasteiger partial charge < -0.3 is 4.74 Å². The van der Waals surface area contributed by atoms with Crippen LogP contribution < -0.4 is 0 Å². The molecule has 0 heterocycles. The number of halogens is 1. The molecule has 0 unspecified atom stereocenters. The van der Waals surface area contributed by atoms with Crippen molar-refractivity contribution < 1.29 is 13.9 Å². The van der Waals surface area contributed by atoms with E-state index in [-0.39, 0.29) is 18.2 Å². The van der Waals surface area contributed by atoms with E-state index in [0.29, 0.717) is 11.5 Å². The fraction of sp³-hybridized carbons (Fsp3) is 0.462. The second-order valence-electron chi connectivity index (χ2n) is 4.32. The lowest BCUT2D eigenvalue weighted by Crippen LogP contribution is -2.06. The summed E-state index contributed by atoms with van der Waals surface area (Å²) >= 11 is 0. The predicted molar refractivity (Wildman–Crippen MR) is 60.7 cm³/mol.